The zero-order chi connectivity index (χ0) is 40.4. The van der Waals surface area contributed by atoms with E-state index in [4.69, 9.17) is 28.4 Å². The van der Waals surface area contributed by atoms with E-state index in [-0.39, 0.29) is 17.6 Å². The van der Waals surface area contributed by atoms with Crippen molar-refractivity contribution in [3.05, 3.63) is 150 Å². The topological polar surface area (TPSA) is 126 Å². The van der Waals surface area contributed by atoms with Crippen LogP contribution in [0.4, 0.5) is 5.82 Å². The first kappa shape index (κ1) is 39.8. The van der Waals surface area contributed by atoms with E-state index in [0.717, 1.165) is 16.7 Å². The largest absolute Gasteiger partial charge is 0.497 e. The van der Waals surface area contributed by atoms with E-state index in [9.17, 15) is 9.90 Å². The Morgan fingerprint density at radius 1 is 0.807 bits per heavy atom. The summed E-state index contributed by atoms with van der Waals surface area (Å²) in [6.07, 6.45) is -0.201. The second-order valence-electron chi connectivity index (χ2n) is 15.7. The zero-order valence-electron chi connectivity index (χ0n) is 33.4. The van der Waals surface area contributed by atoms with Crippen LogP contribution < -0.4 is 14.8 Å². The number of methoxy groups -OCH3 is 2. The number of aliphatic hydroxyl groups excluding tert-OH is 1. The normalized spacial score (nSPS) is 18.7. The van der Waals surface area contributed by atoms with Gasteiger partial charge in [-0.3, -0.25) is 4.79 Å². The molecule has 0 saturated carbocycles. The first-order valence-electron chi connectivity index (χ1n) is 19.0. The number of benzene rings is 4. The maximum atomic E-state index is 13.1. The van der Waals surface area contributed by atoms with Gasteiger partial charge in [0.1, 0.15) is 40.9 Å². The third kappa shape index (κ3) is 7.83. The van der Waals surface area contributed by atoms with Crippen LogP contribution in [0.25, 0.3) is 11.0 Å². The van der Waals surface area contributed by atoms with Crippen molar-refractivity contribution in [2.75, 3.05) is 26.1 Å². The van der Waals surface area contributed by atoms with Gasteiger partial charge in [-0.1, -0.05) is 93.6 Å². The number of nitrogens with zero attached hydrogens (tertiary/aromatic N) is 3. The zero-order valence-corrected chi connectivity index (χ0v) is 34.4. The van der Waals surface area contributed by atoms with E-state index >= 15 is 0 Å². The van der Waals surface area contributed by atoms with Crippen molar-refractivity contribution < 1.29 is 33.3 Å². The third-order valence-electron chi connectivity index (χ3n) is 11.2. The van der Waals surface area contributed by atoms with Crippen molar-refractivity contribution in [3.63, 3.8) is 0 Å². The van der Waals surface area contributed by atoms with Gasteiger partial charge in [0.05, 0.1) is 32.7 Å². The highest BCUT2D eigenvalue weighted by Gasteiger charge is 2.52. The number of pyridine rings is 1. The average Bonchev–Trinajstić information content (AvgIpc) is 3.79. The molecule has 4 atom stereocenters. The minimum atomic E-state index is -2.48. The molecule has 1 fully saturated rings. The molecule has 4 aromatic carbocycles. The number of hydrogen-bond acceptors (Lipinski definition) is 9. The van der Waals surface area contributed by atoms with E-state index in [1.807, 2.05) is 95.6 Å². The quantitative estimate of drug-likeness (QED) is 0.0878. The number of fused-ring (bicyclic) bond motifs is 1. The lowest BCUT2D eigenvalue weighted by Gasteiger charge is -2.40. The van der Waals surface area contributed by atoms with Crippen molar-refractivity contribution in [2.45, 2.75) is 69.0 Å². The molecule has 6 aromatic rings. The van der Waals surface area contributed by atoms with E-state index in [2.05, 4.69) is 44.2 Å². The van der Waals surface area contributed by atoms with Crippen LogP contribution in [-0.2, 0) is 19.5 Å². The molecule has 0 aliphatic carbocycles. The van der Waals surface area contributed by atoms with E-state index < -0.39 is 38.5 Å². The van der Waals surface area contributed by atoms with E-state index in [1.165, 1.54) is 0 Å². The minimum Gasteiger partial charge on any atom is -0.497 e. The number of ether oxygens (including phenoxy) is 4. The van der Waals surface area contributed by atoms with Crippen LogP contribution >= 0.6 is 0 Å². The van der Waals surface area contributed by atoms with Crippen molar-refractivity contribution in [3.8, 4) is 11.5 Å². The molecule has 1 aliphatic rings. The summed E-state index contributed by atoms with van der Waals surface area (Å²) in [4.78, 5) is 22.3. The lowest BCUT2D eigenvalue weighted by atomic mass is 9.80. The Hall–Kier alpha value is -5.37. The monoisotopic (exact) mass is 786 g/mol. The van der Waals surface area contributed by atoms with Crippen molar-refractivity contribution >= 4 is 31.1 Å². The highest BCUT2D eigenvalue weighted by Crippen LogP contribution is 2.45. The van der Waals surface area contributed by atoms with Crippen molar-refractivity contribution in [1.82, 2.24) is 14.5 Å². The van der Waals surface area contributed by atoms with E-state index in [0.29, 0.717) is 33.9 Å². The fourth-order valence-electron chi connectivity index (χ4n) is 7.03. The Labute approximate surface area is 334 Å². The number of carbonyl (C=O) groups excluding carboxylic acids is 1. The molecule has 1 amide bonds. The van der Waals surface area contributed by atoms with Crippen LogP contribution in [0.15, 0.2) is 128 Å². The maximum Gasteiger partial charge on any atom is 0.256 e. The smallest absolute Gasteiger partial charge is 0.256 e. The van der Waals surface area contributed by atoms with Gasteiger partial charge in [-0.05, 0) is 77.3 Å². The second kappa shape index (κ2) is 16.2. The number of hydrogen-bond donors (Lipinski definition) is 2. The molecule has 57 heavy (non-hydrogen) atoms. The number of amides is 1. The summed E-state index contributed by atoms with van der Waals surface area (Å²) in [6.45, 7) is 10.8. The summed E-state index contributed by atoms with van der Waals surface area (Å²) in [7, 11) is 0.798. The number of aliphatic hydroxyl groups is 1. The second-order valence-corrected chi connectivity index (χ2v) is 20.5. The van der Waals surface area contributed by atoms with Gasteiger partial charge in [0.25, 0.3) is 5.91 Å². The van der Waals surface area contributed by atoms with Crippen LogP contribution in [0.3, 0.4) is 0 Å². The third-order valence-corrected chi connectivity index (χ3v) is 15.7. The predicted octanol–water partition coefficient (Wildman–Crippen LogP) is 8.36. The van der Waals surface area contributed by atoms with Gasteiger partial charge in [0.2, 0.25) is 0 Å². The van der Waals surface area contributed by atoms with Gasteiger partial charge in [0, 0.05) is 11.8 Å². The molecule has 2 aromatic heterocycles. The molecule has 1 saturated heterocycles. The number of anilines is 1. The first-order chi connectivity index (χ1) is 27.4. The molecule has 1 aliphatic heterocycles. The highest BCUT2D eigenvalue weighted by molar-refractivity contribution is 6.74. The molecule has 2 N–H and O–H groups in total. The van der Waals surface area contributed by atoms with Crippen LogP contribution in [0.1, 0.15) is 54.0 Å². The molecule has 0 unspecified atom stereocenters. The Morgan fingerprint density at radius 3 is 1.93 bits per heavy atom. The first-order valence-corrected chi connectivity index (χ1v) is 21.9. The summed E-state index contributed by atoms with van der Waals surface area (Å²) in [5.74, 6) is 1.43. The summed E-state index contributed by atoms with van der Waals surface area (Å²) in [5, 5.41) is 15.1. The molecule has 0 radical (unpaired) electrons. The lowest BCUT2D eigenvalue weighted by molar-refractivity contribution is -0.0939. The van der Waals surface area contributed by atoms with Gasteiger partial charge < -0.3 is 38.4 Å². The lowest BCUT2D eigenvalue weighted by Crippen LogP contribution is -2.49. The number of imidazole rings is 1. The molecule has 7 rings (SSSR count). The highest BCUT2D eigenvalue weighted by atomic mass is 28.4. The number of nitrogens with one attached hydrogen (secondary N) is 1. The van der Waals surface area contributed by atoms with E-state index in [1.54, 1.807) is 51.0 Å². The summed E-state index contributed by atoms with van der Waals surface area (Å²) < 4.78 is 34.0. The fraction of sp³-hybridized carbons (Fsp3) is 0.311. The van der Waals surface area contributed by atoms with Crippen molar-refractivity contribution in [2.24, 2.45) is 0 Å². The maximum absolute atomic E-state index is 13.1. The number of aromatic nitrogens is 3. The molecular weight excluding hydrogens is 737 g/mol. The van der Waals surface area contributed by atoms with Crippen molar-refractivity contribution in [1.29, 1.82) is 0 Å². The van der Waals surface area contributed by atoms with Gasteiger partial charge in [0.15, 0.2) is 20.4 Å². The molecule has 3 heterocycles. The molecular formula is C45H50N4O7Si. The van der Waals surface area contributed by atoms with Crippen LogP contribution in [0.5, 0.6) is 11.5 Å². The van der Waals surface area contributed by atoms with Crippen LogP contribution in [-0.4, -0.2) is 73.0 Å². The summed E-state index contributed by atoms with van der Waals surface area (Å²) >= 11 is 0. The fourth-order valence-corrected chi connectivity index (χ4v) is 8.32. The Bertz CT molecular complexity index is 2230. The molecule has 296 valence electrons. The Kier molecular flexibility index (Phi) is 11.4. The Morgan fingerprint density at radius 2 is 1.37 bits per heavy atom. The van der Waals surface area contributed by atoms with Gasteiger partial charge in [-0.2, -0.15) is 0 Å². The number of rotatable bonds is 13. The van der Waals surface area contributed by atoms with Gasteiger partial charge in [-0.15, -0.1) is 0 Å². The summed E-state index contributed by atoms with van der Waals surface area (Å²) in [6, 6.07) is 36.4. The number of carbonyl (C=O) groups is 1. The van der Waals surface area contributed by atoms with Crippen LogP contribution in [0.2, 0.25) is 18.1 Å². The van der Waals surface area contributed by atoms with Crippen LogP contribution in [0, 0.1) is 0 Å². The molecule has 0 spiro atoms. The minimum absolute atomic E-state index is 0.00541. The predicted molar refractivity (Wildman–Crippen MR) is 222 cm³/mol. The van der Waals surface area contributed by atoms with Gasteiger partial charge >= 0.3 is 0 Å². The standard InChI is InChI=1S/C45H50N4O7Si/c1-44(2,3)57(6,7)56-40-39(50)37(55-43(40)49-29-47-38-36(49)26-27-46-41(38)48-42(51)30-14-10-8-11-15-30)28-54-45(31-16-12-9-13-17-31,32-18-22-34(52-4)23-19-32)33-20-24-35(53-5)25-21-33/h8-27,29,37,39-40,43,50H,28H2,1-7H3,(H,46,48,51)/t37-,39-,40-,43-/m1/s1. The molecule has 0 bridgehead atoms. The molecule has 11 nitrogen and oxygen atoms in total. The van der Waals surface area contributed by atoms with Gasteiger partial charge in [-0.25, -0.2) is 9.97 Å². The SMILES string of the molecule is COc1ccc(C(OC[C@H]2O[C@@H](n3cnc4c(NC(=O)c5ccccc5)nccc43)[C@H](O[Si](C)(C)C(C)(C)C)[C@@H]2O)(c2ccccc2)c2ccc(OC)cc2)cc1. The summed E-state index contributed by atoms with van der Waals surface area (Å²) in [5.41, 5.74) is 3.11. The Balaban J connectivity index is 1.28. The molecule has 12 heteroatoms. The average molecular weight is 787 g/mol.